The monoisotopic (exact) mass is 391 g/mol. The average molecular weight is 392 g/mol. The lowest BCUT2D eigenvalue weighted by molar-refractivity contribution is -0.123. The van der Waals surface area contributed by atoms with Crippen LogP contribution in [0.25, 0.3) is 22.2 Å². The van der Waals surface area contributed by atoms with Crippen LogP contribution in [0.1, 0.15) is 32.4 Å². The summed E-state index contributed by atoms with van der Waals surface area (Å²) in [6.45, 7) is 7.68. The highest BCUT2D eigenvalue weighted by atomic mass is 16.1. The number of carbonyl (C=O) groups excluding carboxylic acids is 1. The molecular formula is C23H29N5O. The lowest BCUT2D eigenvalue weighted by atomic mass is 9.89. The van der Waals surface area contributed by atoms with Crippen molar-refractivity contribution in [2.24, 2.45) is 18.9 Å². The van der Waals surface area contributed by atoms with Crippen LogP contribution in [0.5, 0.6) is 0 Å². The molecule has 0 amide bonds. The molecule has 1 aliphatic rings. The Hall–Kier alpha value is -2.60. The minimum absolute atomic E-state index is 0.165. The van der Waals surface area contributed by atoms with Crippen LogP contribution in [0.2, 0.25) is 0 Å². The summed E-state index contributed by atoms with van der Waals surface area (Å²) in [4.78, 5) is 28.5. The third-order valence-electron chi connectivity index (χ3n) is 5.76. The Labute approximate surface area is 172 Å². The number of hydrogen-bond acceptors (Lipinski definition) is 5. The molecule has 0 aromatic carbocycles. The number of likely N-dealkylation sites (tertiary alicyclic amines) is 1. The summed E-state index contributed by atoms with van der Waals surface area (Å²) in [5.74, 6) is 1.16. The Morgan fingerprint density at radius 2 is 1.86 bits per heavy atom. The van der Waals surface area contributed by atoms with E-state index in [0.29, 0.717) is 18.1 Å². The number of Topliss-reactive ketones (excluding diaryl/α,β-unsaturated/α-hetero) is 1. The van der Waals surface area contributed by atoms with Gasteiger partial charge in [-0.3, -0.25) is 14.8 Å². The average Bonchev–Trinajstić information content (AvgIpc) is 3.13. The Kier molecular flexibility index (Phi) is 5.72. The van der Waals surface area contributed by atoms with Crippen molar-refractivity contribution < 1.29 is 4.79 Å². The molecule has 1 aliphatic heterocycles. The maximum absolute atomic E-state index is 12.8. The summed E-state index contributed by atoms with van der Waals surface area (Å²) in [5, 5.41) is 2.04. The number of pyridine rings is 2. The number of aryl methyl sites for hydroxylation is 1. The minimum atomic E-state index is 0.165. The highest BCUT2D eigenvalue weighted by molar-refractivity contribution is 5.87. The van der Waals surface area contributed by atoms with Crippen LogP contribution in [-0.4, -0.2) is 49.8 Å². The predicted octanol–water partition coefficient (Wildman–Crippen LogP) is 3.51. The van der Waals surface area contributed by atoms with Crippen molar-refractivity contribution in [2.75, 3.05) is 19.6 Å². The second-order valence-corrected chi connectivity index (χ2v) is 8.59. The molecular weight excluding hydrogens is 362 g/mol. The first-order valence-electron chi connectivity index (χ1n) is 10.5. The Morgan fingerprint density at radius 3 is 2.55 bits per heavy atom. The van der Waals surface area contributed by atoms with E-state index in [4.69, 9.17) is 0 Å². The van der Waals surface area contributed by atoms with Crippen molar-refractivity contribution in [2.45, 2.75) is 33.1 Å². The van der Waals surface area contributed by atoms with Crippen LogP contribution in [0.3, 0.4) is 0 Å². The maximum Gasteiger partial charge on any atom is 0.142 e. The maximum atomic E-state index is 12.8. The number of carbonyl (C=O) groups is 1. The number of nitrogens with zero attached hydrogens (tertiary/aromatic N) is 5. The van der Waals surface area contributed by atoms with E-state index in [-0.39, 0.29) is 5.92 Å². The van der Waals surface area contributed by atoms with E-state index in [1.165, 1.54) is 0 Å². The van der Waals surface area contributed by atoms with Gasteiger partial charge in [0.25, 0.3) is 0 Å². The zero-order valence-electron chi connectivity index (χ0n) is 17.5. The van der Waals surface area contributed by atoms with Gasteiger partial charge in [-0.05, 0) is 49.4 Å². The fourth-order valence-electron chi connectivity index (χ4n) is 4.20. The summed E-state index contributed by atoms with van der Waals surface area (Å²) in [6, 6.07) is 4.08. The molecule has 29 heavy (non-hydrogen) atoms. The first-order valence-corrected chi connectivity index (χ1v) is 10.5. The van der Waals surface area contributed by atoms with Crippen molar-refractivity contribution in [3.63, 3.8) is 0 Å². The molecule has 0 aliphatic carbocycles. The molecule has 0 atom stereocenters. The third kappa shape index (κ3) is 4.53. The van der Waals surface area contributed by atoms with Gasteiger partial charge in [0.1, 0.15) is 5.78 Å². The molecule has 6 nitrogen and oxygen atoms in total. The lowest BCUT2D eigenvalue weighted by Crippen LogP contribution is -2.38. The van der Waals surface area contributed by atoms with Crippen LogP contribution in [0.4, 0.5) is 0 Å². The minimum Gasteiger partial charge on any atom is -0.332 e. The molecule has 6 heteroatoms. The molecule has 0 bridgehead atoms. The predicted molar refractivity (Wildman–Crippen MR) is 114 cm³/mol. The largest absolute Gasteiger partial charge is 0.332 e. The highest BCUT2D eigenvalue weighted by Crippen LogP contribution is 2.23. The molecule has 0 N–H and O–H groups in total. The van der Waals surface area contributed by atoms with Crippen LogP contribution in [0, 0.1) is 11.8 Å². The summed E-state index contributed by atoms with van der Waals surface area (Å²) < 4.78 is 1.95. The SMILES string of the molecule is CC(C)CN1CCC(C(=O)Cc2cc3cc(-c4cncn4C)ncc3cn2)CC1. The Bertz CT molecular complexity index is 1000. The number of piperidine rings is 1. The summed E-state index contributed by atoms with van der Waals surface area (Å²) in [6.07, 6.45) is 9.58. The van der Waals surface area contributed by atoms with E-state index in [1.54, 1.807) is 6.33 Å². The fourth-order valence-corrected chi connectivity index (χ4v) is 4.20. The number of imidazole rings is 1. The zero-order chi connectivity index (χ0) is 20.4. The van der Waals surface area contributed by atoms with Crippen LogP contribution >= 0.6 is 0 Å². The van der Waals surface area contributed by atoms with Crippen molar-refractivity contribution in [1.29, 1.82) is 0 Å². The normalized spacial score (nSPS) is 16.0. The molecule has 4 rings (SSSR count). The van der Waals surface area contributed by atoms with Gasteiger partial charge in [-0.15, -0.1) is 0 Å². The van der Waals surface area contributed by atoms with Gasteiger partial charge in [0.2, 0.25) is 0 Å². The molecule has 1 fully saturated rings. The number of ketones is 1. The fraction of sp³-hybridized carbons (Fsp3) is 0.478. The van der Waals surface area contributed by atoms with E-state index in [2.05, 4.69) is 33.7 Å². The molecule has 0 spiro atoms. The molecule has 4 heterocycles. The van der Waals surface area contributed by atoms with E-state index < -0.39 is 0 Å². The van der Waals surface area contributed by atoms with E-state index in [9.17, 15) is 4.79 Å². The molecule has 0 radical (unpaired) electrons. The molecule has 3 aromatic heterocycles. The van der Waals surface area contributed by atoms with Crippen molar-refractivity contribution in [3.05, 3.63) is 42.7 Å². The van der Waals surface area contributed by atoms with Gasteiger partial charge < -0.3 is 9.47 Å². The molecule has 1 saturated heterocycles. The second-order valence-electron chi connectivity index (χ2n) is 8.59. The van der Waals surface area contributed by atoms with E-state index >= 15 is 0 Å². The van der Waals surface area contributed by atoms with Crippen LogP contribution < -0.4 is 0 Å². The Balaban J connectivity index is 1.45. The van der Waals surface area contributed by atoms with Crippen molar-refractivity contribution in [1.82, 2.24) is 24.4 Å². The van der Waals surface area contributed by atoms with Gasteiger partial charge in [0.05, 0.1) is 23.9 Å². The molecule has 152 valence electrons. The van der Waals surface area contributed by atoms with E-state index in [0.717, 1.165) is 60.3 Å². The summed E-state index contributed by atoms with van der Waals surface area (Å²) in [7, 11) is 1.96. The summed E-state index contributed by atoms with van der Waals surface area (Å²) >= 11 is 0. The van der Waals surface area contributed by atoms with Gasteiger partial charge in [0.15, 0.2) is 0 Å². The quantitative estimate of drug-likeness (QED) is 0.643. The summed E-state index contributed by atoms with van der Waals surface area (Å²) in [5.41, 5.74) is 2.68. The van der Waals surface area contributed by atoms with Crippen molar-refractivity contribution >= 4 is 16.6 Å². The smallest absolute Gasteiger partial charge is 0.142 e. The Morgan fingerprint density at radius 1 is 1.10 bits per heavy atom. The standard InChI is InChI=1S/C23H29N5O/c1-16(2)14-28-6-4-17(5-7-28)23(29)10-20-8-18-9-21(22-13-24-15-27(22)3)26-12-19(18)11-25-20/h8-9,11-13,15-17H,4-7,10,14H2,1-3H3. The van der Waals surface area contributed by atoms with Crippen LogP contribution in [0.15, 0.2) is 37.1 Å². The number of aromatic nitrogens is 4. The van der Waals surface area contributed by atoms with Crippen LogP contribution in [-0.2, 0) is 18.3 Å². The number of fused-ring (bicyclic) bond motifs is 1. The highest BCUT2D eigenvalue weighted by Gasteiger charge is 2.25. The van der Waals surface area contributed by atoms with Crippen molar-refractivity contribution in [3.8, 4) is 11.4 Å². The third-order valence-corrected chi connectivity index (χ3v) is 5.76. The zero-order valence-corrected chi connectivity index (χ0v) is 17.5. The first-order chi connectivity index (χ1) is 14.0. The van der Waals surface area contributed by atoms with Gasteiger partial charge in [-0.25, -0.2) is 4.98 Å². The van der Waals surface area contributed by atoms with E-state index in [1.807, 2.05) is 42.3 Å². The second kappa shape index (κ2) is 8.41. The van der Waals surface area contributed by atoms with Gasteiger partial charge >= 0.3 is 0 Å². The first kappa shape index (κ1) is 19.7. The molecule has 3 aromatic rings. The van der Waals surface area contributed by atoms with Gasteiger partial charge in [-0.2, -0.15) is 0 Å². The number of rotatable bonds is 6. The number of hydrogen-bond donors (Lipinski definition) is 0. The molecule has 0 saturated carbocycles. The molecule has 0 unspecified atom stereocenters. The topological polar surface area (TPSA) is 63.9 Å². The van der Waals surface area contributed by atoms with Gasteiger partial charge in [-0.1, -0.05) is 13.8 Å². The lowest BCUT2D eigenvalue weighted by Gasteiger charge is -2.32. The van der Waals surface area contributed by atoms with Gasteiger partial charge in [0, 0.05) is 49.4 Å².